The highest BCUT2D eigenvalue weighted by molar-refractivity contribution is 5.80. The Morgan fingerprint density at radius 2 is 1.77 bits per heavy atom. The van der Waals surface area contributed by atoms with E-state index in [1.807, 2.05) is 29.9 Å². The van der Waals surface area contributed by atoms with Crippen LogP contribution in [0.3, 0.4) is 0 Å². The van der Waals surface area contributed by atoms with E-state index in [0.29, 0.717) is 24.7 Å². The van der Waals surface area contributed by atoms with E-state index >= 15 is 0 Å². The molecule has 0 spiro atoms. The van der Waals surface area contributed by atoms with Crippen LogP contribution in [0.5, 0.6) is 17.2 Å². The molecule has 1 aromatic carbocycles. The van der Waals surface area contributed by atoms with E-state index in [-0.39, 0.29) is 6.04 Å². The second kappa shape index (κ2) is 12.1. The predicted molar refractivity (Wildman–Crippen MR) is 125 cm³/mol. The summed E-state index contributed by atoms with van der Waals surface area (Å²) >= 11 is 0. The number of hydrogen-bond acceptors (Lipinski definition) is 5. The maximum atomic E-state index is 5.84. The number of benzene rings is 1. The van der Waals surface area contributed by atoms with Crippen LogP contribution in [0.1, 0.15) is 37.2 Å². The predicted octanol–water partition coefficient (Wildman–Crippen LogP) is 3.01. The Balaban J connectivity index is 1.85. The lowest BCUT2D eigenvalue weighted by Gasteiger charge is -2.18. The zero-order chi connectivity index (χ0) is 22.8. The van der Waals surface area contributed by atoms with Gasteiger partial charge in [0.15, 0.2) is 5.96 Å². The molecule has 2 N–H and O–H groups in total. The van der Waals surface area contributed by atoms with E-state index in [1.54, 1.807) is 14.2 Å². The van der Waals surface area contributed by atoms with Gasteiger partial charge in [-0.15, -0.1) is 0 Å². The molecule has 1 heterocycles. The molecule has 0 radical (unpaired) electrons. The number of guanidine groups is 1. The summed E-state index contributed by atoms with van der Waals surface area (Å²) in [6, 6.07) is 5.75. The minimum Gasteiger partial charge on any atom is -0.496 e. The van der Waals surface area contributed by atoms with Crippen molar-refractivity contribution in [2.45, 2.75) is 46.6 Å². The fourth-order valence-electron chi connectivity index (χ4n) is 3.33. The van der Waals surface area contributed by atoms with E-state index in [0.717, 1.165) is 36.8 Å². The zero-order valence-corrected chi connectivity index (χ0v) is 19.9. The van der Waals surface area contributed by atoms with Gasteiger partial charge in [-0.05, 0) is 39.7 Å². The van der Waals surface area contributed by atoms with Crippen LogP contribution >= 0.6 is 0 Å². The molecule has 0 aliphatic rings. The van der Waals surface area contributed by atoms with Crippen LogP contribution in [-0.4, -0.2) is 55.7 Å². The van der Waals surface area contributed by atoms with Crippen LogP contribution in [0, 0.1) is 13.8 Å². The Hall–Kier alpha value is -2.90. The maximum Gasteiger partial charge on any atom is 0.191 e. The van der Waals surface area contributed by atoms with Crippen molar-refractivity contribution in [3.63, 3.8) is 0 Å². The molecule has 2 rings (SSSR count). The molecule has 0 saturated heterocycles. The number of hydrogen-bond donors (Lipinski definition) is 2. The van der Waals surface area contributed by atoms with Gasteiger partial charge in [-0.1, -0.05) is 0 Å². The normalized spacial score (nSPS) is 12.4. The van der Waals surface area contributed by atoms with Crippen molar-refractivity contribution in [2.75, 3.05) is 33.9 Å². The number of aryl methyl sites for hydroxylation is 2. The van der Waals surface area contributed by atoms with Gasteiger partial charge in [-0.3, -0.25) is 9.67 Å². The van der Waals surface area contributed by atoms with Gasteiger partial charge in [0.1, 0.15) is 17.2 Å². The topological polar surface area (TPSA) is 81.9 Å². The summed E-state index contributed by atoms with van der Waals surface area (Å²) < 4.78 is 18.3. The molecule has 8 nitrogen and oxygen atoms in total. The molecule has 0 saturated carbocycles. The number of nitrogens with zero attached hydrogens (tertiary/aromatic N) is 3. The summed E-state index contributed by atoms with van der Waals surface area (Å²) in [7, 11) is 5.24. The summed E-state index contributed by atoms with van der Waals surface area (Å²) in [5.74, 6) is 2.96. The Kier molecular flexibility index (Phi) is 9.49. The summed E-state index contributed by atoms with van der Waals surface area (Å²) in [5.41, 5.74) is 3.58. The molecule has 0 fully saturated rings. The molecular weight excluding hydrogens is 394 g/mol. The lowest BCUT2D eigenvalue weighted by Crippen LogP contribution is -2.43. The standard InChI is InChI=1S/C23H37N5O3/c1-8-24-23(26-16(2)12-22-17(3)27-28(5)18(22)4)25-10-9-11-31-21-14-19(29-6)13-20(15-21)30-7/h13-16H,8-12H2,1-7H3,(H2,24,25,26). The average molecular weight is 432 g/mol. The first-order valence-electron chi connectivity index (χ1n) is 10.8. The average Bonchev–Trinajstić information content (AvgIpc) is 2.99. The molecule has 0 bridgehead atoms. The lowest BCUT2D eigenvalue weighted by atomic mass is 10.1. The smallest absolute Gasteiger partial charge is 0.191 e. The summed E-state index contributed by atoms with van der Waals surface area (Å²) in [6.07, 6.45) is 1.70. The number of aromatic nitrogens is 2. The van der Waals surface area contributed by atoms with Crippen molar-refractivity contribution < 1.29 is 14.2 Å². The fourth-order valence-corrected chi connectivity index (χ4v) is 3.33. The van der Waals surface area contributed by atoms with Gasteiger partial charge in [0.2, 0.25) is 0 Å². The van der Waals surface area contributed by atoms with Crippen molar-refractivity contribution in [2.24, 2.45) is 12.0 Å². The lowest BCUT2D eigenvalue weighted by molar-refractivity contribution is 0.307. The van der Waals surface area contributed by atoms with Gasteiger partial charge in [0.05, 0.1) is 26.5 Å². The Morgan fingerprint density at radius 1 is 1.13 bits per heavy atom. The molecule has 8 heteroatoms. The molecule has 2 aromatic rings. The summed E-state index contributed by atoms with van der Waals surface area (Å²) in [6.45, 7) is 10.4. The molecule has 0 aliphatic heterocycles. The monoisotopic (exact) mass is 431 g/mol. The highest BCUT2D eigenvalue weighted by Gasteiger charge is 2.14. The maximum absolute atomic E-state index is 5.84. The highest BCUT2D eigenvalue weighted by Crippen LogP contribution is 2.27. The van der Waals surface area contributed by atoms with Crippen LogP contribution in [0.15, 0.2) is 23.2 Å². The highest BCUT2D eigenvalue weighted by atomic mass is 16.5. The van der Waals surface area contributed by atoms with E-state index in [4.69, 9.17) is 14.2 Å². The van der Waals surface area contributed by atoms with E-state index in [2.05, 4.69) is 48.4 Å². The molecule has 31 heavy (non-hydrogen) atoms. The number of nitrogens with one attached hydrogen (secondary N) is 2. The third-order valence-corrected chi connectivity index (χ3v) is 5.06. The minimum absolute atomic E-state index is 0.236. The van der Waals surface area contributed by atoms with Crippen molar-refractivity contribution in [3.8, 4) is 17.2 Å². The van der Waals surface area contributed by atoms with E-state index < -0.39 is 0 Å². The molecule has 1 aromatic heterocycles. The first kappa shape index (κ1) is 24.4. The van der Waals surface area contributed by atoms with Gasteiger partial charge in [-0.25, -0.2) is 0 Å². The van der Waals surface area contributed by atoms with Gasteiger partial charge in [0, 0.05) is 56.5 Å². The fraction of sp³-hybridized carbons (Fsp3) is 0.565. The summed E-state index contributed by atoms with van der Waals surface area (Å²) in [4.78, 5) is 4.69. The second-order valence-corrected chi connectivity index (χ2v) is 7.53. The van der Waals surface area contributed by atoms with Gasteiger partial charge < -0.3 is 24.8 Å². The second-order valence-electron chi connectivity index (χ2n) is 7.53. The minimum atomic E-state index is 0.236. The SMILES string of the molecule is CCNC(=NCCCOc1cc(OC)cc(OC)c1)NC(C)Cc1c(C)nn(C)c1C. The number of aliphatic imine (C=N–C) groups is 1. The Morgan fingerprint density at radius 3 is 2.32 bits per heavy atom. The van der Waals surface area contributed by atoms with Crippen LogP contribution in [-0.2, 0) is 13.5 Å². The number of ether oxygens (including phenoxy) is 3. The van der Waals surface area contributed by atoms with Crippen LogP contribution < -0.4 is 24.8 Å². The van der Waals surface area contributed by atoms with Crippen molar-refractivity contribution in [3.05, 3.63) is 35.2 Å². The number of methoxy groups -OCH3 is 2. The zero-order valence-electron chi connectivity index (χ0n) is 19.9. The van der Waals surface area contributed by atoms with E-state index in [1.165, 1.54) is 11.3 Å². The Bertz CT molecular complexity index is 841. The van der Waals surface area contributed by atoms with Gasteiger partial charge in [-0.2, -0.15) is 5.10 Å². The Labute approximate surface area is 186 Å². The molecule has 172 valence electrons. The quantitative estimate of drug-likeness (QED) is 0.323. The van der Waals surface area contributed by atoms with Gasteiger partial charge >= 0.3 is 0 Å². The molecule has 1 unspecified atom stereocenters. The largest absolute Gasteiger partial charge is 0.496 e. The first-order chi connectivity index (χ1) is 14.9. The van der Waals surface area contributed by atoms with Crippen molar-refractivity contribution >= 4 is 5.96 Å². The third kappa shape index (κ3) is 7.38. The van der Waals surface area contributed by atoms with Crippen molar-refractivity contribution in [1.82, 2.24) is 20.4 Å². The van der Waals surface area contributed by atoms with Gasteiger partial charge in [0.25, 0.3) is 0 Å². The summed E-state index contributed by atoms with van der Waals surface area (Å²) in [5, 5.41) is 11.3. The molecule has 0 aliphatic carbocycles. The third-order valence-electron chi connectivity index (χ3n) is 5.06. The van der Waals surface area contributed by atoms with E-state index in [9.17, 15) is 0 Å². The van der Waals surface area contributed by atoms with Crippen LogP contribution in [0.4, 0.5) is 0 Å². The van der Waals surface area contributed by atoms with Crippen LogP contribution in [0.2, 0.25) is 0 Å². The molecule has 1 atom stereocenters. The number of rotatable bonds is 11. The molecular formula is C23H37N5O3. The first-order valence-corrected chi connectivity index (χ1v) is 10.8. The van der Waals surface area contributed by atoms with Crippen molar-refractivity contribution in [1.29, 1.82) is 0 Å². The molecule has 0 amide bonds. The van der Waals surface area contributed by atoms with Crippen LogP contribution in [0.25, 0.3) is 0 Å².